The molecule has 1 aliphatic carbocycles. The summed E-state index contributed by atoms with van der Waals surface area (Å²) in [5, 5.41) is 6.65. The predicted octanol–water partition coefficient (Wildman–Crippen LogP) is 1.87. The Balaban J connectivity index is 1.46. The second-order valence-corrected chi connectivity index (χ2v) is 7.64. The number of piperazine rings is 1. The second-order valence-electron chi connectivity index (χ2n) is 7.23. The van der Waals surface area contributed by atoms with Crippen LogP contribution in [0.1, 0.15) is 25.3 Å². The molecular weight excluding hydrogens is 352 g/mol. The molecule has 1 saturated carbocycles. The monoisotopic (exact) mass is 378 g/mol. The normalized spacial score (nSPS) is 19.8. The van der Waals surface area contributed by atoms with Crippen molar-refractivity contribution in [3.8, 4) is 0 Å². The highest BCUT2D eigenvalue weighted by molar-refractivity contribution is 6.31. The van der Waals surface area contributed by atoms with E-state index in [1.165, 1.54) is 0 Å². The lowest BCUT2D eigenvalue weighted by Crippen LogP contribution is -2.54. The number of nitrogens with zero attached hydrogens (tertiary/aromatic N) is 2. The zero-order valence-corrected chi connectivity index (χ0v) is 16.2. The largest absolute Gasteiger partial charge is 0.352 e. The summed E-state index contributed by atoms with van der Waals surface area (Å²) in [5.74, 6) is 0.0819. The van der Waals surface area contributed by atoms with Gasteiger partial charge in [-0.2, -0.15) is 0 Å². The average Bonchev–Trinajstić information content (AvgIpc) is 3.42. The van der Waals surface area contributed by atoms with Crippen molar-refractivity contribution in [2.45, 2.75) is 38.8 Å². The van der Waals surface area contributed by atoms with Crippen molar-refractivity contribution in [1.82, 2.24) is 15.1 Å². The molecule has 0 spiro atoms. The topological polar surface area (TPSA) is 64.7 Å². The number of anilines is 1. The van der Waals surface area contributed by atoms with E-state index in [-0.39, 0.29) is 17.9 Å². The third kappa shape index (κ3) is 4.96. The van der Waals surface area contributed by atoms with Crippen LogP contribution >= 0.6 is 11.6 Å². The summed E-state index contributed by atoms with van der Waals surface area (Å²) in [5.41, 5.74) is 1.63. The number of hydrogen-bond donors (Lipinski definition) is 2. The van der Waals surface area contributed by atoms with Crippen LogP contribution in [0.3, 0.4) is 0 Å². The highest BCUT2D eigenvalue weighted by Gasteiger charge is 2.28. The molecule has 1 heterocycles. The van der Waals surface area contributed by atoms with Gasteiger partial charge in [-0.1, -0.05) is 17.7 Å². The van der Waals surface area contributed by atoms with Gasteiger partial charge in [-0.05, 0) is 44.4 Å². The minimum absolute atomic E-state index is 0.0321. The number of halogens is 1. The van der Waals surface area contributed by atoms with Gasteiger partial charge in [0.25, 0.3) is 0 Å². The molecule has 6 nitrogen and oxygen atoms in total. The Kier molecular flexibility index (Phi) is 6.16. The summed E-state index contributed by atoms with van der Waals surface area (Å²) in [7, 11) is 0. The van der Waals surface area contributed by atoms with Crippen molar-refractivity contribution in [2.75, 3.05) is 38.0 Å². The maximum absolute atomic E-state index is 12.6. The third-order valence-electron chi connectivity index (χ3n) is 5.17. The van der Waals surface area contributed by atoms with Crippen LogP contribution in [0.4, 0.5) is 5.69 Å². The van der Waals surface area contributed by atoms with E-state index in [0.29, 0.717) is 17.6 Å². The molecule has 26 heavy (non-hydrogen) atoms. The Bertz CT molecular complexity index is 670. The molecule has 1 aromatic rings. The summed E-state index contributed by atoms with van der Waals surface area (Å²) in [6.07, 6.45) is 2.22. The summed E-state index contributed by atoms with van der Waals surface area (Å²) < 4.78 is 0. The van der Waals surface area contributed by atoms with E-state index in [1.807, 2.05) is 32.0 Å². The van der Waals surface area contributed by atoms with E-state index >= 15 is 0 Å². The summed E-state index contributed by atoms with van der Waals surface area (Å²) >= 11 is 6.12. The number of amides is 2. The minimum atomic E-state index is -0.226. The molecule has 2 N–H and O–H groups in total. The van der Waals surface area contributed by atoms with Gasteiger partial charge in [0, 0.05) is 42.9 Å². The van der Waals surface area contributed by atoms with Crippen LogP contribution in [0.25, 0.3) is 0 Å². The third-order valence-corrected chi connectivity index (χ3v) is 5.58. The van der Waals surface area contributed by atoms with Gasteiger partial charge in [0.2, 0.25) is 11.8 Å². The van der Waals surface area contributed by atoms with Crippen LogP contribution < -0.4 is 10.6 Å². The molecule has 1 aliphatic heterocycles. The maximum atomic E-state index is 12.6. The Hall–Kier alpha value is -1.63. The van der Waals surface area contributed by atoms with Gasteiger partial charge in [0.1, 0.15) is 0 Å². The number of benzene rings is 1. The molecule has 2 aliphatic rings. The van der Waals surface area contributed by atoms with Gasteiger partial charge < -0.3 is 10.6 Å². The average molecular weight is 379 g/mol. The summed E-state index contributed by atoms with van der Waals surface area (Å²) in [6.45, 7) is 7.42. The fraction of sp³-hybridized carbons (Fsp3) is 0.579. The van der Waals surface area contributed by atoms with Crippen LogP contribution in [0.2, 0.25) is 5.02 Å². The molecule has 1 aromatic carbocycles. The van der Waals surface area contributed by atoms with Gasteiger partial charge in [-0.15, -0.1) is 0 Å². The molecule has 7 heteroatoms. The first-order chi connectivity index (χ1) is 12.4. The Morgan fingerprint density at radius 1 is 1.23 bits per heavy atom. The molecule has 1 atom stereocenters. The number of hydrogen-bond acceptors (Lipinski definition) is 4. The maximum Gasteiger partial charge on any atom is 0.241 e. The van der Waals surface area contributed by atoms with Gasteiger partial charge in [0.15, 0.2) is 0 Å². The van der Waals surface area contributed by atoms with Crippen LogP contribution in [0, 0.1) is 6.92 Å². The SMILES string of the molecule is Cc1c(Cl)cccc1NC(=O)C(C)N1CCN(CC(=O)NC2CC2)CC1. The van der Waals surface area contributed by atoms with Crippen molar-refractivity contribution in [3.63, 3.8) is 0 Å². The molecular formula is C19H27ClN4O2. The van der Waals surface area contributed by atoms with Crippen LogP contribution in [0.5, 0.6) is 0 Å². The Labute approximate surface area is 159 Å². The Morgan fingerprint density at radius 3 is 2.58 bits per heavy atom. The molecule has 2 amide bonds. The summed E-state index contributed by atoms with van der Waals surface area (Å²) in [4.78, 5) is 28.8. The van der Waals surface area contributed by atoms with Gasteiger partial charge in [-0.25, -0.2) is 0 Å². The number of rotatable bonds is 6. The van der Waals surface area contributed by atoms with E-state index in [0.717, 1.165) is 50.3 Å². The van der Waals surface area contributed by atoms with E-state index in [2.05, 4.69) is 20.4 Å². The number of carbonyl (C=O) groups is 2. The molecule has 0 aromatic heterocycles. The number of carbonyl (C=O) groups excluding carboxylic acids is 2. The van der Waals surface area contributed by atoms with E-state index in [1.54, 1.807) is 0 Å². The molecule has 3 rings (SSSR count). The second kappa shape index (κ2) is 8.37. The number of nitrogens with one attached hydrogen (secondary N) is 2. The zero-order valence-electron chi connectivity index (χ0n) is 15.4. The fourth-order valence-corrected chi connectivity index (χ4v) is 3.33. The van der Waals surface area contributed by atoms with Crippen molar-refractivity contribution in [3.05, 3.63) is 28.8 Å². The lowest BCUT2D eigenvalue weighted by molar-refractivity contribution is -0.124. The van der Waals surface area contributed by atoms with Crippen LogP contribution in [-0.4, -0.2) is 66.4 Å². The standard InChI is InChI=1S/C19H27ClN4O2/c1-13-16(20)4-3-5-17(13)22-19(26)14(2)24-10-8-23(9-11-24)12-18(25)21-15-6-7-15/h3-5,14-15H,6-12H2,1-2H3,(H,21,25)(H,22,26). The minimum Gasteiger partial charge on any atom is -0.352 e. The smallest absolute Gasteiger partial charge is 0.241 e. The quantitative estimate of drug-likeness (QED) is 0.793. The lowest BCUT2D eigenvalue weighted by Gasteiger charge is -2.37. The molecule has 142 valence electrons. The first kappa shape index (κ1) is 19.1. The van der Waals surface area contributed by atoms with Gasteiger partial charge >= 0.3 is 0 Å². The van der Waals surface area contributed by atoms with Crippen molar-refractivity contribution < 1.29 is 9.59 Å². The van der Waals surface area contributed by atoms with Crippen LogP contribution in [-0.2, 0) is 9.59 Å². The van der Waals surface area contributed by atoms with Crippen molar-refractivity contribution in [2.24, 2.45) is 0 Å². The van der Waals surface area contributed by atoms with E-state index in [4.69, 9.17) is 11.6 Å². The molecule has 1 saturated heterocycles. The lowest BCUT2D eigenvalue weighted by atomic mass is 10.1. The zero-order chi connectivity index (χ0) is 18.7. The highest BCUT2D eigenvalue weighted by atomic mass is 35.5. The fourth-order valence-electron chi connectivity index (χ4n) is 3.16. The Morgan fingerprint density at radius 2 is 1.92 bits per heavy atom. The van der Waals surface area contributed by atoms with E-state index in [9.17, 15) is 9.59 Å². The van der Waals surface area contributed by atoms with Crippen molar-refractivity contribution >= 4 is 29.1 Å². The van der Waals surface area contributed by atoms with Gasteiger partial charge in [-0.3, -0.25) is 19.4 Å². The van der Waals surface area contributed by atoms with Gasteiger partial charge in [0.05, 0.1) is 12.6 Å². The van der Waals surface area contributed by atoms with Crippen LogP contribution in [0.15, 0.2) is 18.2 Å². The molecule has 0 radical (unpaired) electrons. The predicted molar refractivity (Wildman–Crippen MR) is 103 cm³/mol. The molecule has 1 unspecified atom stereocenters. The molecule has 2 fully saturated rings. The van der Waals surface area contributed by atoms with E-state index < -0.39 is 0 Å². The first-order valence-corrected chi connectivity index (χ1v) is 9.63. The van der Waals surface area contributed by atoms with Crippen molar-refractivity contribution in [1.29, 1.82) is 0 Å². The summed E-state index contributed by atoms with van der Waals surface area (Å²) in [6, 6.07) is 5.69. The first-order valence-electron chi connectivity index (χ1n) is 9.26. The highest BCUT2D eigenvalue weighted by Crippen LogP contribution is 2.23. The molecule has 0 bridgehead atoms.